The van der Waals surface area contributed by atoms with Gasteiger partial charge in [0, 0.05) is 23.5 Å². The van der Waals surface area contributed by atoms with E-state index >= 15 is 0 Å². The van der Waals surface area contributed by atoms with Crippen molar-refractivity contribution in [1.82, 2.24) is 4.90 Å². The number of rotatable bonds is 7. The lowest BCUT2D eigenvalue weighted by molar-refractivity contribution is 0.102. The molecule has 0 aromatic heterocycles. The van der Waals surface area contributed by atoms with Gasteiger partial charge in [-0.25, -0.2) is 12.8 Å². The Balaban J connectivity index is 1.36. The molecule has 0 bridgehead atoms. The molecule has 0 spiro atoms. The number of carbonyl (C=O) groups excluding carboxylic acids is 1. The van der Waals surface area contributed by atoms with Gasteiger partial charge in [-0.2, -0.15) is 0 Å². The number of benzene rings is 3. The Bertz CT molecular complexity index is 1190. The summed E-state index contributed by atoms with van der Waals surface area (Å²) in [5.41, 5.74) is 2.46. The second-order valence-electron chi connectivity index (χ2n) is 8.12. The molecular weight excluding hydrogens is 441 g/mol. The lowest BCUT2D eigenvalue weighted by atomic mass is 10.1. The van der Waals surface area contributed by atoms with Crippen LogP contribution in [0.1, 0.15) is 35.2 Å². The largest absolute Gasteiger partial charge is 0.322 e. The number of amides is 1. The second-order valence-corrected chi connectivity index (χ2v) is 9.81. The monoisotopic (exact) mass is 467 g/mol. The van der Waals surface area contributed by atoms with Gasteiger partial charge in [0.15, 0.2) is 0 Å². The van der Waals surface area contributed by atoms with Crippen LogP contribution in [-0.2, 0) is 16.6 Å². The van der Waals surface area contributed by atoms with E-state index in [9.17, 15) is 17.6 Å². The molecule has 0 aliphatic carbocycles. The van der Waals surface area contributed by atoms with Gasteiger partial charge in [0.05, 0.1) is 4.90 Å². The van der Waals surface area contributed by atoms with E-state index in [0.717, 1.165) is 19.6 Å². The van der Waals surface area contributed by atoms with E-state index in [1.165, 1.54) is 73.4 Å². The van der Waals surface area contributed by atoms with E-state index in [2.05, 4.69) is 14.9 Å². The smallest absolute Gasteiger partial charge is 0.261 e. The molecule has 4 rings (SSSR count). The maximum Gasteiger partial charge on any atom is 0.261 e. The average molecular weight is 468 g/mol. The van der Waals surface area contributed by atoms with Crippen molar-refractivity contribution >= 4 is 27.3 Å². The highest BCUT2D eigenvalue weighted by atomic mass is 32.2. The fourth-order valence-corrected chi connectivity index (χ4v) is 4.85. The zero-order chi connectivity index (χ0) is 23.3. The summed E-state index contributed by atoms with van der Waals surface area (Å²) in [7, 11) is -3.83. The van der Waals surface area contributed by atoms with Crippen molar-refractivity contribution < 1.29 is 17.6 Å². The van der Waals surface area contributed by atoms with Crippen LogP contribution in [-0.4, -0.2) is 32.3 Å². The molecule has 1 aliphatic heterocycles. The summed E-state index contributed by atoms with van der Waals surface area (Å²) in [5, 5.41) is 2.79. The number of nitrogens with zero attached hydrogens (tertiary/aromatic N) is 1. The summed E-state index contributed by atoms with van der Waals surface area (Å²) in [6.07, 6.45) is 3.78. The van der Waals surface area contributed by atoms with E-state index in [0.29, 0.717) is 11.3 Å². The molecule has 1 aliphatic rings. The van der Waals surface area contributed by atoms with Gasteiger partial charge in [0.2, 0.25) is 0 Å². The Labute approximate surface area is 193 Å². The van der Waals surface area contributed by atoms with Gasteiger partial charge in [-0.1, -0.05) is 18.6 Å². The van der Waals surface area contributed by atoms with E-state index in [4.69, 9.17) is 0 Å². The highest BCUT2D eigenvalue weighted by Crippen LogP contribution is 2.19. The number of likely N-dealkylation sites (tertiary alicyclic amines) is 1. The summed E-state index contributed by atoms with van der Waals surface area (Å²) in [5.74, 6) is -0.714. The first-order chi connectivity index (χ1) is 15.9. The van der Waals surface area contributed by atoms with Crippen LogP contribution in [0.3, 0.4) is 0 Å². The first-order valence-corrected chi connectivity index (χ1v) is 12.4. The summed E-state index contributed by atoms with van der Waals surface area (Å²) in [4.78, 5) is 15.0. The molecule has 0 radical (unpaired) electrons. The molecule has 1 amide bonds. The zero-order valence-electron chi connectivity index (χ0n) is 18.1. The van der Waals surface area contributed by atoms with Gasteiger partial charge in [-0.05, 0) is 92.2 Å². The summed E-state index contributed by atoms with van der Waals surface area (Å²) >= 11 is 0. The van der Waals surface area contributed by atoms with Gasteiger partial charge in [-0.15, -0.1) is 0 Å². The highest BCUT2D eigenvalue weighted by molar-refractivity contribution is 7.92. The normalized spacial score (nSPS) is 14.6. The van der Waals surface area contributed by atoms with Crippen LogP contribution in [0.4, 0.5) is 15.8 Å². The molecule has 8 heteroatoms. The predicted octanol–water partition coefficient (Wildman–Crippen LogP) is 4.86. The summed E-state index contributed by atoms with van der Waals surface area (Å²) in [6, 6.07) is 18.5. The third-order valence-corrected chi connectivity index (χ3v) is 6.99. The fourth-order valence-electron chi connectivity index (χ4n) is 3.79. The molecule has 0 atom stereocenters. The lowest BCUT2D eigenvalue weighted by Crippen LogP contribution is -2.29. The number of nitrogens with one attached hydrogen (secondary N) is 2. The quantitative estimate of drug-likeness (QED) is 0.520. The molecule has 172 valence electrons. The number of piperidine rings is 1. The van der Waals surface area contributed by atoms with Crippen LogP contribution in [0.25, 0.3) is 0 Å². The van der Waals surface area contributed by atoms with E-state index < -0.39 is 15.8 Å². The predicted molar refractivity (Wildman–Crippen MR) is 127 cm³/mol. The summed E-state index contributed by atoms with van der Waals surface area (Å²) < 4.78 is 40.5. The van der Waals surface area contributed by atoms with Crippen molar-refractivity contribution in [3.8, 4) is 0 Å². The zero-order valence-corrected chi connectivity index (χ0v) is 18.9. The van der Waals surface area contributed by atoms with Crippen molar-refractivity contribution in [2.75, 3.05) is 23.1 Å². The Morgan fingerprint density at radius 2 is 1.42 bits per heavy atom. The van der Waals surface area contributed by atoms with Crippen LogP contribution in [0.2, 0.25) is 0 Å². The Morgan fingerprint density at radius 3 is 2.06 bits per heavy atom. The average Bonchev–Trinajstić information content (AvgIpc) is 2.82. The molecule has 3 aromatic carbocycles. The topological polar surface area (TPSA) is 78.5 Å². The minimum absolute atomic E-state index is 0.0342. The van der Waals surface area contributed by atoms with Gasteiger partial charge in [-0.3, -0.25) is 14.4 Å². The number of sulfonamides is 1. The SMILES string of the molecule is O=C(Nc1ccc(S(=O)(=O)Nc2ccc(F)cc2)cc1)c1ccc(CN2CCCCC2)cc1. The molecule has 1 heterocycles. The fraction of sp³-hybridized carbons (Fsp3) is 0.240. The van der Waals surface area contributed by atoms with Crippen LogP contribution < -0.4 is 10.0 Å². The van der Waals surface area contributed by atoms with E-state index in [-0.39, 0.29) is 16.5 Å². The molecule has 1 saturated heterocycles. The third-order valence-electron chi connectivity index (χ3n) is 5.59. The van der Waals surface area contributed by atoms with Gasteiger partial charge in [0.1, 0.15) is 5.82 Å². The molecule has 6 nitrogen and oxygen atoms in total. The number of anilines is 2. The second kappa shape index (κ2) is 10.1. The van der Waals surface area contributed by atoms with Gasteiger partial charge in [0.25, 0.3) is 15.9 Å². The first-order valence-electron chi connectivity index (χ1n) is 10.9. The van der Waals surface area contributed by atoms with Gasteiger partial charge < -0.3 is 5.32 Å². The van der Waals surface area contributed by atoms with Crippen LogP contribution >= 0.6 is 0 Å². The van der Waals surface area contributed by atoms with Crippen molar-refractivity contribution in [1.29, 1.82) is 0 Å². The van der Waals surface area contributed by atoms with Crippen LogP contribution in [0, 0.1) is 5.82 Å². The third kappa shape index (κ3) is 6.18. The lowest BCUT2D eigenvalue weighted by Gasteiger charge is -2.26. The van der Waals surface area contributed by atoms with Crippen molar-refractivity contribution in [3.05, 3.63) is 89.7 Å². The number of halogens is 1. The maximum absolute atomic E-state index is 13.0. The highest BCUT2D eigenvalue weighted by Gasteiger charge is 2.15. The number of hydrogen-bond donors (Lipinski definition) is 2. The van der Waals surface area contributed by atoms with E-state index in [1.54, 1.807) is 12.1 Å². The molecule has 1 fully saturated rings. The first kappa shape index (κ1) is 22.9. The Hall–Kier alpha value is -3.23. The molecule has 3 aromatic rings. The summed E-state index contributed by atoms with van der Waals surface area (Å²) in [6.45, 7) is 3.13. The number of hydrogen-bond acceptors (Lipinski definition) is 4. The molecule has 33 heavy (non-hydrogen) atoms. The molecule has 0 saturated carbocycles. The maximum atomic E-state index is 13.0. The molecule has 2 N–H and O–H groups in total. The van der Waals surface area contributed by atoms with Crippen molar-refractivity contribution in [3.63, 3.8) is 0 Å². The van der Waals surface area contributed by atoms with Crippen LogP contribution in [0.15, 0.2) is 77.7 Å². The standard InChI is InChI=1S/C25H26FN3O3S/c26-21-8-10-23(11-9-21)28-33(31,32)24-14-12-22(13-15-24)27-25(30)20-6-4-19(5-7-20)18-29-16-2-1-3-17-29/h4-15,28H,1-3,16-18H2,(H,27,30). The van der Waals surface area contributed by atoms with Crippen molar-refractivity contribution in [2.45, 2.75) is 30.7 Å². The van der Waals surface area contributed by atoms with Crippen LogP contribution in [0.5, 0.6) is 0 Å². The Kier molecular flexibility index (Phi) is 7.05. The minimum atomic E-state index is -3.83. The van der Waals surface area contributed by atoms with E-state index in [1.807, 2.05) is 12.1 Å². The number of carbonyl (C=O) groups is 1. The molecular formula is C25H26FN3O3S. The minimum Gasteiger partial charge on any atom is -0.322 e. The van der Waals surface area contributed by atoms with Crippen molar-refractivity contribution in [2.24, 2.45) is 0 Å². The van der Waals surface area contributed by atoms with Gasteiger partial charge >= 0.3 is 0 Å². The molecule has 0 unspecified atom stereocenters. The Morgan fingerprint density at radius 1 is 0.818 bits per heavy atom.